The molecule has 1 aromatic heterocycles. The number of aromatic nitrogens is 2. The van der Waals surface area contributed by atoms with Crippen molar-refractivity contribution in [3.8, 4) is 11.1 Å². The van der Waals surface area contributed by atoms with E-state index in [1.807, 2.05) is 50.0 Å². The second-order valence-corrected chi connectivity index (χ2v) is 8.97. The van der Waals surface area contributed by atoms with Gasteiger partial charge < -0.3 is 5.32 Å². The Morgan fingerprint density at radius 1 is 1.10 bits per heavy atom. The molecule has 0 saturated heterocycles. The zero-order valence-corrected chi connectivity index (χ0v) is 18.6. The highest BCUT2D eigenvalue weighted by molar-refractivity contribution is 7.86. The first-order chi connectivity index (χ1) is 13.9. The molecule has 1 atom stereocenters. The van der Waals surface area contributed by atoms with Gasteiger partial charge in [0.05, 0.1) is 22.0 Å². The van der Waals surface area contributed by atoms with E-state index in [4.69, 9.17) is 0 Å². The third-order valence-electron chi connectivity index (χ3n) is 4.91. The maximum atomic E-state index is 13.0. The molecule has 0 amide bonds. The molecule has 154 valence electrons. The van der Waals surface area contributed by atoms with Gasteiger partial charge >= 0.3 is 0 Å². The summed E-state index contributed by atoms with van der Waals surface area (Å²) in [6.07, 6.45) is 0.850. The molecule has 0 saturated carbocycles. The molecule has 0 bridgehead atoms. The second-order valence-electron chi connectivity index (χ2n) is 7.75. The first-order valence-electron chi connectivity index (χ1n) is 9.94. The van der Waals surface area contributed by atoms with Crippen LogP contribution in [-0.2, 0) is 31.0 Å². The van der Waals surface area contributed by atoms with E-state index in [9.17, 15) is 4.21 Å². The van der Waals surface area contributed by atoms with Gasteiger partial charge in [-0.3, -0.25) is 9.40 Å². The minimum absolute atomic E-state index is 0.483. The summed E-state index contributed by atoms with van der Waals surface area (Å²) < 4.78 is 18.0. The first kappa shape index (κ1) is 21.3. The molecule has 0 aliphatic carbocycles. The van der Waals surface area contributed by atoms with Crippen molar-refractivity contribution in [2.75, 3.05) is 11.8 Å². The van der Waals surface area contributed by atoms with Crippen molar-refractivity contribution >= 4 is 16.7 Å². The van der Waals surface area contributed by atoms with Crippen LogP contribution in [0.1, 0.15) is 30.8 Å². The molecule has 0 aliphatic rings. The number of rotatable bonds is 8. The number of nitrogens with one attached hydrogen (secondary N) is 2. The SMILES string of the molecule is CNCc1cccc(-c2ccc(S(=O)Nc3c(CC(C)C)nn(C)c3C)cc2)c1. The van der Waals surface area contributed by atoms with E-state index in [-0.39, 0.29) is 0 Å². The normalized spacial score (nSPS) is 12.3. The van der Waals surface area contributed by atoms with Crippen LogP contribution in [-0.4, -0.2) is 21.0 Å². The molecular weight excluding hydrogens is 380 g/mol. The number of anilines is 1. The monoisotopic (exact) mass is 410 g/mol. The Hall–Kier alpha value is -2.44. The van der Waals surface area contributed by atoms with Gasteiger partial charge in [-0.2, -0.15) is 5.10 Å². The Morgan fingerprint density at radius 3 is 2.48 bits per heavy atom. The molecule has 2 aromatic carbocycles. The highest BCUT2D eigenvalue weighted by Gasteiger charge is 2.17. The summed E-state index contributed by atoms with van der Waals surface area (Å²) in [5.41, 5.74) is 6.35. The Balaban J connectivity index is 1.79. The van der Waals surface area contributed by atoms with E-state index in [0.717, 1.165) is 46.1 Å². The van der Waals surface area contributed by atoms with E-state index in [0.29, 0.717) is 5.92 Å². The molecule has 0 fully saturated rings. The third-order valence-corrected chi connectivity index (χ3v) is 6.00. The Bertz CT molecular complexity index is 993. The van der Waals surface area contributed by atoms with Crippen LogP contribution in [0.15, 0.2) is 53.4 Å². The number of benzene rings is 2. The van der Waals surface area contributed by atoms with Crippen LogP contribution in [0.4, 0.5) is 5.69 Å². The van der Waals surface area contributed by atoms with Gasteiger partial charge in [-0.05, 0) is 61.2 Å². The lowest BCUT2D eigenvalue weighted by Crippen LogP contribution is -2.08. The maximum absolute atomic E-state index is 13.0. The van der Waals surface area contributed by atoms with Crippen molar-refractivity contribution in [2.24, 2.45) is 13.0 Å². The minimum Gasteiger partial charge on any atom is -0.316 e. The van der Waals surface area contributed by atoms with E-state index in [1.165, 1.54) is 5.56 Å². The van der Waals surface area contributed by atoms with Crippen molar-refractivity contribution in [1.29, 1.82) is 0 Å². The quantitative estimate of drug-likeness (QED) is 0.577. The second kappa shape index (κ2) is 9.37. The Kier molecular flexibility index (Phi) is 6.87. The van der Waals surface area contributed by atoms with Crippen molar-refractivity contribution in [1.82, 2.24) is 15.1 Å². The smallest absolute Gasteiger partial charge is 0.150 e. The fourth-order valence-corrected chi connectivity index (χ4v) is 4.28. The van der Waals surface area contributed by atoms with Crippen LogP contribution in [0.25, 0.3) is 11.1 Å². The van der Waals surface area contributed by atoms with E-state index < -0.39 is 11.0 Å². The van der Waals surface area contributed by atoms with Crippen molar-refractivity contribution < 1.29 is 4.21 Å². The van der Waals surface area contributed by atoms with Gasteiger partial charge in [0.15, 0.2) is 0 Å². The molecule has 29 heavy (non-hydrogen) atoms. The van der Waals surface area contributed by atoms with Crippen LogP contribution >= 0.6 is 0 Å². The van der Waals surface area contributed by atoms with E-state index in [2.05, 4.69) is 53.3 Å². The van der Waals surface area contributed by atoms with Gasteiger partial charge in [-0.25, -0.2) is 4.21 Å². The molecule has 0 spiro atoms. The molecule has 1 heterocycles. The molecule has 2 N–H and O–H groups in total. The molecular formula is C23H30N4OS. The maximum Gasteiger partial charge on any atom is 0.150 e. The highest BCUT2D eigenvalue weighted by atomic mass is 32.2. The molecule has 3 aromatic rings. The zero-order chi connectivity index (χ0) is 21.0. The highest BCUT2D eigenvalue weighted by Crippen LogP contribution is 2.26. The van der Waals surface area contributed by atoms with Crippen molar-refractivity contribution in [3.05, 3.63) is 65.5 Å². The predicted molar refractivity (Wildman–Crippen MR) is 121 cm³/mol. The Labute approximate surface area is 176 Å². The molecule has 1 unspecified atom stereocenters. The molecule has 0 aliphatic heterocycles. The van der Waals surface area contributed by atoms with Crippen LogP contribution in [0.2, 0.25) is 0 Å². The summed E-state index contributed by atoms with van der Waals surface area (Å²) in [4.78, 5) is 0.749. The fraction of sp³-hybridized carbons (Fsp3) is 0.348. The summed E-state index contributed by atoms with van der Waals surface area (Å²) in [5.74, 6) is 0.483. The van der Waals surface area contributed by atoms with Gasteiger partial charge in [-0.1, -0.05) is 44.2 Å². The van der Waals surface area contributed by atoms with Crippen LogP contribution < -0.4 is 10.0 Å². The molecule has 3 rings (SSSR count). The zero-order valence-electron chi connectivity index (χ0n) is 17.8. The number of aryl methyl sites for hydroxylation is 1. The van der Waals surface area contributed by atoms with E-state index in [1.54, 1.807) is 0 Å². The average molecular weight is 411 g/mol. The van der Waals surface area contributed by atoms with Crippen LogP contribution in [0.3, 0.4) is 0 Å². The standard InChI is InChI=1S/C23H30N4OS/c1-16(2)13-22-23(17(3)27(5)25-22)26-29(28)21-11-9-19(10-12-21)20-8-6-7-18(14-20)15-24-4/h6-12,14,16,24,26H,13,15H2,1-5H3. The van der Waals surface area contributed by atoms with Gasteiger partial charge in [0, 0.05) is 13.6 Å². The number of nitrogens with zero attached hydrogens (tertiary/aromatic N) is 2. The Morgan fingerprint density at radius 2 is 1.83 bits per heavy atom. The lowest BCUT2D eigenvalue weighted by atomic mass is 10.0. The lowest BCUT2D eigenvalue weighted by molar-refractivity contribution is 0.619. The molecule has 5 nitrogen and oxygen atoms in total. The number of hydrogen-bond acceptors (Lipinski definition) is 3. The molecule has 0 radical (unpaired) electrons. The topological polar surface area (TPSA) is 59.0 Å². The van der Waals surface area contributed by atoms with Gasteiger partial charge in [0.1, 0.15) is 11.0 Å². The first-order valence-corrected chi connectivity index (χ1v) is 11.1. The summed E-state index contributed by atoms with van der Waals surface area (Å²) in [5, 5.41) is 7.77. The van der Waals surface area contributed by atoms with Crippen LogP contribution in [0.5, 0.6) is 0 Å². The average Bonchev–Trinajstić information content (AvgIpc) is 2.95. The fourth-order valence-electron chi connectivity index (χ4n) is 3.33. The lowest BCUT2D eigenvalue weighted by Gasteiger charge is -2.10. The minimum atomic E-state index is -1.34. The largest absolute Gasteiger partial charge is 0.316 e. The summed E-state index contributed by atoms with van der Waals surface area (Å²) in [6, 6.07) is 16.4. The van der Waals surface area contributed by atoms with Gasteiger partial charge in [0.2, 0.25) is 0 Å². The number of hydrogen-bond donors (Lipinski definition) is 2. The molecule has 6 heteroatoms. The third kappa shape index (κ3) is 5.14. The predicted octanol–water partition coefficient (Wildman–Crippen LogP) is 4.45. The van der Waals surface area contributed by atoms with Crippen molar-refractivity contribution in [3.63, 3.8) is 0 Å². The van der Waals surface area contributed by atoms with Gasteiger partial charge in [-0.15, -0.1) is 0 Å². The summed E-state index contributed by atoms with van der Waals surface area (Å²) in [6.45, 7) is 7.16. The van der Waals surface area contributed by atoms with Crippen molar-refractivity contribution in [2.45, 2.75) is 38.6 Å². The van der Waals surface area contributed by atoms with Crippen LogP contribution in [0, 0.1) is 12.8 Å². The summed E-state index contributed by atoms with van der Waals surface area (Å²) in [7, 11) is 2.52. The van der Waals surface area contributed by atoms with Gasteiger partial charge in [0.25, 0.3) is 0 Å². The van der Waals surface area contributed by atoms with E-state index >= 15 is 0 Å². The summed E-state index contributed by atoms with van der Waals surface area (Å²) >= 11 is 0.